The Bertz CT molecular complexity index is 348. The number of piperidine rings is 1. The molecule has 18 heavy (non-hydrogen) atoms. The molecule has 7 heteroatoms. The molecule has 1 saturated heterocycles. The lowest BCUT2D eigenvalue weighted by molar-refractivity contribution is -0.139. The molecule has 1 heterocycles. The standard InChI is InChI=1S/C11H20N4O2S/c1-7-6-15(2)4-3-8(7)14-11(17)10(16)13-5-9(12)18/h7-8H,3-6H2,1-2H3,(H2,12,18)(H,13,16)(H,14,17). The van der Waals surface area contributed by atoms with Crippen molar-refractivity contribution in [1.82, 2.24) is 15.5 Å². The SMILES string of the molecule is CC1CN(C)CCC1NC(=O)C(=O)NCC(N)=S. The van der Waals surface area contributed by atoms with Crippen molar-refractivity contribution < 1.29 is 9.59 Å². The highest BCUT2D eigenvalue weighted by molar-refractivity contribution is 7.80. The molecule has 0 aliphatic carbocycles. The zero-order valence-corrected chi connectivity index (χ0v) is 11.5. The van der Waals surface area contributed by atoms with E-state index in [0.29, 0.717) is 5.92 Å². The van der Waals surface area contributed by atoms with Crippen LogP contribution in [0.2, 0.25) is 0 Å². The van der Waals surface area contributed by atoms with Crippen molar-refractivity contribution in [1.29, 1.82) is 0 Å². The number of carbonyl (C=O) groups is 2. The summed E-state index contributed by atoms with van der Waals surface area (Å²) in [7, 11) is 2.05. The summed E-state index contributed by atoms with van der Waals surface area (Å²) < 4.78 is 0. The first-order valence-electron chi connectivity index (χ1n) is 5.95. The Labute approximate surface area is 112 Å². The number of carbonyl (C=O) groups excluding carboxylic acids is 2. The fourth-order valence-electron chi connectivity index (χ4n) is 2.05. The maximum absolute atomic E-state index is 11.6. The Kier molecular flexibility index (Phi) is 5.49. The molecule has 102 valence electrons. The highest BCUT2D eigenvalue weighted by atomic mass is 32.1. The van der Waals surface area contributed by atoms with Gasteiger partial charge >= 0.3 is 11.8 Å². The summed E-state index contributed by atoms with van der Waals surface area (Å²) in [6, 6.07) is 0.0456. The lowest BCUT2D eigenvalue weighted by Gasteiger charge is -2.34. The highest BCUT2D eigenvalue weighted by Crippen LogP contribution is 2.14. The van der Waals surface area contributed by atoms with E-state index >= 15 is 0 Å². The summed E-state index contributed by atoms with van der Waals surface area (Å²) in [4.78, 5) is 25.4. The van der Waals surface area contributed by atoms with Crippen molar-refractivity contribution in [2.45, 2.75) is 19.4 Å². The van der Waals surface area contributed by atoms with Gasteiger partial charge in [0.05, 0.1) is 11.5 Å². The van der Waals surface area contributed by atoms with Crippen molar-refractivity contribution in [3.05, 3.63) is 0 Å². The summed E-state index contributed by atoms with van der Waals surface area (Å²) in [6.07, 6.45) is 0.853. The van der Waals surface area contributed by atoms with Gasteiger partial charge in [0.25, 0.3) is 0 Å². The van der Waals surface area contributed by atoms with E-state index in [-0.39, 0.29) is 17.6 Å². The Balaban J connectivity index is 2.39. The predicted molar refractivity (Wildman–Crippen MR) is 73.0 cm³/mol. The molecule has 0 aromatic heterocycles. The second kappa shape index (κ2) is 6.65. The fourth-order valence-corrected chi connectivity index (χ4v) is 2.12. The van der Waals surface area contributed by atoms with Crippen LogP contribution >= 0.6 is 12.2 Å². The molecule has 0 saturated carbocycles. The van der Waals surface area contributed by atoms with Crippen molar-refractivity contribution in [2.24, 2.45) is 11.7 Å². The summed E-state index contributed by atoms with van der Waals surface area (Å²) in [6.45, 7) is 3.95. The zero-order valence-electron chi connectivity index (χ0n) is 10.7. The van der Waals surface area contributed by atoms with Crippen molar-refractivity contribution in [3.8, 4) is 0 Å². The van der Waals surface area contributed by atoms with Crippen LogP contribution in [0.25, 0.3) is 0 Å². The molecule has 1 fully saturated rings. The molecule has 0 aromatic rings. The van der Waals surface area contributed by atoms with Crippen LogP contribution in [0.4, 0.5) is 0 Å². The minimum atomic E-state index is -0.686. The van der Waals surface area contributed by atoms with Gasteiger partial charge in [-0.25, -0.2) is 0 Å². The summed E-state index contributed by atoms with van der Waals surface area (Å²) in [5.74, 6) is -0.974. The molecule has 1 aliphatic rings. The van der Waals surface area contributed by atoms with Gasteiger partial charge in [-0.3, -0.25) is 9.59 Å². The Morgan fingerprint density at radius 2 is 2.11 bits per heavy atom. The van der Waals surface area contributed by atoms with Gasteiger partial charge in [-0.15, -0.1) is 0 Å². The lowest BCUT2D eigenvalue weighted by Crippen LogP contribution is -2.52. The summed E-state index contributed by atoms with van der Waals surface area (Å²) in [5, 5.41) is 5.12. The number of nitrogens with two attached hydrogens (primary N) is 1. The average molecular weight is 272 g/mol. The molecule has 4 N–H and O–H groups in total. The van der Waals surface area contributed by atoms with Gasteiger partial charge in [-0.05, 0) is 25.9 Å². The van der Waals surface area contributed by atoms with E-state index in [2.05, 4.69) is 34.7 Å². The van der Waals surface area contributed by atoms with Crippen LogP contribution in [0.15, 0.2) is 0 Å². The molecule has 1 aliphatic heterocycles. The molecular formula is C11H20N4O2S. The van der Waals surface area contributed by atoms with Crippen LogP contribution < -0.4 is 16.4 Å². The van der Waals surface area contributed by atoms with Gasteiger partial charge in [0.2, 0.25) is 0 Å². The first-order chi connectivity index (χ1) is 8.40. The molecular weight excluding hydrogens is 252 g/mol. The average Bonchev–Trinajstić information content (AvgIpc) is 2.29. The second-order valence-electron chi connectivity index (χ2n) is 4.76. The van der Waals surface area contributed by atoms with E-state index in [4.69, 9.17) is 5.73 Å². The minimum Gasteiger partial charge on any atom is -0.392 e. The van der Waals surface area contributed by atoms with Crippen molar-refractivity contribution in [2.75, 3.05) is 26.7 Å². The van der Waals surface area contributed by atoms with E-state index in [9.17, 15) is 9.59 Å². The van der Waals surface area contributed by atoms with E-state index in [1.165, 1.54) is 0 Å². The smallest absolute Gasteiger partial charge is 0.309 e. The monoisotopic (exact) mass is 272 g/mol. The number of nitrogens with one attached hydrogen (secondary N) is 2. The largest absolute Gasteiger partial charge is 0.392 e. The number of rotatable bonds is 3. The van der Waals surface area contributed by atoms with E-state index < -0.39 is 11.8 Å². The molecule has 0 aromatic carbocycles. The van der Waals surface area contributed by atoms with Crippen LogP contribution in [0.1, 0.15) is 13.3 Å². The molecule has 0 bridgehead atoms. The number of likely N-dealkylation sites (tertiary alicyclic amines) is 1. The molecule has 6 nitrogen and oxygen atoms in total. The number of hydrogen-bond donors (Lipinski definition) is 3. The van der Waals surface area contributed by atoms with Gasteiger partial charge < -0.3 is 21.3 Å². The first kappa shape index (κ1) is 14.8. The van der Waals surface area contributed by atoms with Crippen LogP contribution in [-0.2, 0) is 9.59 Å². The minimum absolute atomic E-state index is 0.0456. The number of hydrogen-bond acceptors (Lipinski definition) is 4. The van der Waals surface area contributed by atoms with Gasteiger partial charge in [-0.1, -0.05) is 19.1 Å². The maximum Gasteiger partial charge on any atom is 0.309 e. The normalized spacial score (nSPS) is 24.3. The van der Waals surface area contributed by atoms with Crippen molar-refractivity contribution in [3.63, 3.8) is 0 Å². The maximum atomic E-state index is 11.6. The molecule has 0 radical (unpaired) electrons. The third-order valence-corrected chi connectivity index (χ3v) is 3.20. The second-order valence-corrected chi connectivity index (χ2v) is 5.28. The summed E-state index contributed by atoms with van der Waals surface area (Å²) >= 11 is 4.62. The number of amides is 2. The van der Waals surface area contributed by atoms with Gasteiger partial charge in [0.15, 0.2) is 0 Å². The fraction of sp³-hybridized carbons (Fsp3) is 0.727. The highest BCUT2D eigenvalue weighted by Gasteiger charge is 2.27. The number of nitrogens with zero attached hydrogens (tertiary/aromatic N) is 1. The van der Waals surface area contributed by atoms with Crippen molar-refractivity contribution >= 4 is 29.0 Å². The molecule has 2 unspecified atom stereocenters. The molecule has 2 amide bonds. The molecule has 2 atom stereocenters. The van der Waals surface area contributed by atoms with Crippen LogP contribution in [-0.4, -0.2) is 54.4 Å². The van der Waals surface area contributed by atoms with E-state index in [1.54, 1.807) is 0 Å². The Hall–Kier alpha value is -1.21. The zero-order chi connectivity index (χ0) is 13.7. The van der Waals surface area contributed by atoms with E-state index in [1.807, 2.05) is 7.05 Å². The van der Waals surface area contributed by atoms with Gasteiger partial charge in [0.1, 0.15) is 0 Å². The van der Waals surface area contributed by atoms with Gasteiger partial charge in [0, 0.05) is 12.6 Å². The van der Waals surface area contributed by atoms with Gasteiger partial charge in [-0.2, -0.15) is 0 Å². The molecule has 0 spiro atoms. The van der Waals surface area contributed by atoms with Crippen LogP contribution in [0.3, 0.4) is 0 Å². The third kappa shape index (κ3) is 4.58. The quantitative estimate of drug-likeness (QED) is 0.446. The van der Waals surface area contributed by atoms with Crippen LogP contribution in [0, 0.1) is 5.92 Å². The third-order valence-electron chi connectivity index (χ3n) is 3.05. The Morgan fingerprint density at radius 1 is 1.44 bits per heavy atom. The first-order valence-corrected chi connectivity index (χ1v) is 6.36. The topological polar surface area (TPSA) is 87.5 Å². The molecule has 1 rings (SSSR count). The van der Waals surface area contributed by atoms with Crippen LogP contribution in [0.5, 0.6) is 0 Å². The lowest BCUT2D eigenvalue weighted by atomic mass is 9.94. The van der Waals surface area contributed by atoms with E-state index in [0.717, 1.165) is 19.5 Å². The summed E-state index contributed by atoms with van der Waals surface area (Å²) in [5.41, 5.74) is 5.24. The Morgan fingerprint density at radius 3 is 2.67 bits per heavy atom. The number of thiocarbonyl (C=S) groups is 1. The predicted octanol–water partition coefficient (Wildman–Crippen LogP) is -1.15.